The van der Waals surface area contributed by atoms with Crippen LogP contribution in [-0.2, 0) is 9.53 Å². The fourth-order valence-electron chi connectivity index (χ4n) is 2.36. The van der Waals surface area contributed by atoms with E-state index in [2.05, 4.69) is 6.92 Å². The first-order valence-electron chi connectivity index (χ1n) is 5.88. The van der Waals surface area contributed by atoms with Gasteiger partial charge in [-0.3, -0.25) is 4.79 Å². The van der Waals surface area contributed by atoms with Crippen LogP contribution in [0.2, 0.25) is 0 Å². The highest BCUT2D eigenvalue weighted by molar-refractivity contribution is 5.75. The predicted molar refractivity (Wildman–Crippen MR) is 58.4 cm³/mol. The van der Waals surface area contributed by atoms with Crippen LogP contribution in [0, 0.1) is 11.8 Å². The summed E-state index contributed by atoms with van der Waals surface area (Å²) in [6.45, 7) is 6.23. The Hall–Kier alpha value is -0.570. The van der Waals surface area contributed by atoms with Crippen molar-refractivity contribution in [1.82, 2.24) is 0 Å². The Morgan fingerprint density at radius 1 is 1.60 bits per heavy atom. The number of hydrogen-bond acceptors (Lipinski definition) is 3. The second-order valence-corrected chi connectivity index (χ2v) is 4.84. The monoisotopic (exact) mass is 214 g/mol. The Morgan fingerprint density at radius 3 is 2.67 bits per heavy atom. The quantitative estimate of drug-likeness (QED) is 0.713. The first-order valence-corrected chi connectivity index (χ1v) is 5.88. The van der Waals surface area contributed by atoms with Crippen LogP contribution in [0.4, 0.5) is 0 Å². The summed E-state index contributed by atoms with van der Waals surface area (Å²) in [4.78, 5) is 11.5. The number of hydrogen-bond donors (Lipinski definition) is 1. The van der Waals surface area contributed by atoms with Crippen LogP contribution < -0.4 is 0 Å². The average molecular weight is 214 g/mol. The van der Waals surface area contributed by atoms with Crippen LogP contribution in [0.25, 0.3) is 0 Å². The van der Waals surface area contributed by atoms with E-state index < -0.39 is 0 Å². The number of cyclic esters (lactones) is 1. The van der Waals surface area contributed by atoms with Crippen molar-refractivity contribution in [2.45, 2.75) is 52.1 Å². The SMILES string of the molecule is CC[C@@H](CO)C[C@]1(C)C[C@@H](CC)C(=O)O1. The largest absolute Gasteiger partial charge is 0.459 e. The Balaban J connectivity index is 2.57. The van der Waals surface area contributed by atoms with Gasteiger partial charge in [-0.25, -0.2) is 0 Å². The first kappa shape index (κ1) is 12.5. The van der Waals surface area contributed by atoms with Crippen molar-refractivity contribution in [2.75, 3.05) is 6.61 Å². The van der Waals surface area contributed by atoms with Gasteiger partial charge < -0.3 is 9.84 Å². The third kappa shape index (κ3) is 2.94. The molecule has 3 heteroatoms. The topological polar surface area (TPSA) is 46.5 Å². The lowest BCUT2D eigenvalue weighted by molar-refractivity contribution is -0.150. The molecule has 3 atom stereocenters. The smallest absolute Gasteiger partial charge is 0.309 e. The summed E-state index contributed by atoms with van der Waals surface area (Å²) in [7, 11) is 0. The Labute approximate surface area is 91.8 Å². The summed E-state index contributed by atoms with van der Waals surface area (Å²) in [6.07, 6.45) is 3.37. The second kappa shape index (κ2) is 4.97. The van der Waals surface area contributed by atoms with E-state index in [-0.39, 0.29) is 30.0 Å². The van der Waals surface area contributed by atoms with Gasteiger partial charge in [0.2, 0.25) is 0 Å². The van der Waals surface area contributed by atoms with E-state index in [1.54, 1.807) is 0 Å². The lowest BCUT2D eigenvalue weighted by Gasteiger charge is -2.26. The number of carbonyl (C=O) groups excluding carboxylic acids is 1. The highest BCUT2D eigenvalue weighted by atomic mass is 16.6. The highest BCUT2D eigenvalue weighted by Crippen LogP contribution is 2.37. The van der Waals surface area contributed by atoms with Gasteiger partial charge >= 0.3 is 5.97 Å². The zero-order valence-electron chi connectivity index (χ0n) is 9.95. The number of aliphatic hydroxyl groups is 1. The number of esters is 1. The third-order valence-corrected chi connectivity index (χ3v) is 3.41. The fraction of sp³-hybridized carbons (Fsp3) is 0.917. The molecule has 0 aliphatic carbocycles. The lowest BCUT2D eigenvalue weighted by Crippen LogP contribution is -2.28. The van der Waals surface area contributed by atoms with Gasteiger partial charge in [-0.15, -0.1) is 0 Å². The minimum atomic E-state index is -0.346. The number of ether oxygens (including phenoxy) is 1. The van der Waals surface area contributed by atoms with Crippen LogP contribution in [0.15, 0.2) is 0 Å². The minimum absolute atomic E-state index is 0.0613. The van der Waals surface area contributed by atoms with E-state index in [1.807, 2.05) is 13.8 Å². The molecule has 1 aliphatic rings. The fourth-order valence-corrected chi connectivity index (χ4v) is 2.36. The van der Waals surface area contributed by atoms with E-state index in [9.17, 15) is 4.79 Å². The Morgan fingerprint density at radius 2 is 2.27 bits per heavy atom. The van der Waals surface area contributed by atoms with Crippen LogP contribution >= 0.6 is 0 Å². The summed E-state index contributed by atoms with van der Waals surface area (Å²) in [5.41, 5.74) is -0.346. The molecule has 0 radical (unpaired) electrons. The number of rotatable bonds is 5. The van der Waals surface area contributed by atoms with E-state index >= 15 is 0 Å². The van der Waals surface area contributed by atoms with E-state index in [0.29, 0.717) is 0 Å². The Kier molecular flexibility index (Phi) is 4.14. The van der Waals surface area contributed by atoms with Gasteiger partial charge in [0.1, 0.15) is 5.60 Å². The molecule has 15 heavy (non-hydrogen) atoms. The van der Waals surface area contributed by atoms with Crippen molar-refractivity contribution in [2.24, 2.45) is 11.8 Å². The van der Waals surface area contributed by atoms with Gasteiger partial charge in [-0.1, -0.05) is 20.3 Å². The molecular formula is C12H22O3. The summed E-state index contributed by atoms with van der Waals surface area (Å²) >= 11 is 0. The van der Waals surface area contributed by atoms with Gasteiger partial charge in [0.25, 0.3) is 0 Å². The average Bonchev–Trinajstić information content (AvgIpc) is 2.50. The highest BCUT2D eigenvalue weighted by Gasteiger charge is 2.43. The molecule has 1 rings (SSSR count). The number of carbonyl (C=O) groups is 1. The normalized spacial score (nSPS) is 32.8. The molecular weight excluding hydrogens is 192 g/mol. The van der Waals surface area contributed by atoms with E-state index in [0.717, 1.165) is 25.7 Å². The first-order chi connectivity index (χ1) is 7.04. The van der Waals surface area contributed by atoms with Gasteiger partial charge in [0.05, 0.1) is 5.92 Å². The van der Waals surface area contributed by atoms with E-state index in [1.165, 1.54) is 0 Å². The second-order valence-electron chi connectivity index (χ2n) is 4.84. The van der Waals surface area contributed by atoms with Crippen molar-refractivity contribution < 1.29 is 14.6 Å². The molecule has 1 aliphatic heterocycles. The maximum atomic E-state index is 11.5. The maximum absolute atomic E-state index is 11.5. The molecule has 1 saturated heterocycles. The third-order valence-electron chi connectivity index (χ3n) is 3.41. The van der Waals surface area contributed by atoms with Crippen LogP contribution in [0.1, 0.15) is 46.5 Å². The lowest BCUT2D eigenvalue weighted by atomic mass is 9.85. The summed E-state index contributed by atoms with van der Waals surface area (Å²) in [6, 6.07) is 0. The van der Waals surface area contributed by atoms with Crippen molar-refractivity contribution >= 4 is 5.97 Å². The molecule has 0 unspecified atom stereocenters. The standard InChI is InChI=1S/C12H22O3/c1-4-9(8-13)6-12(3)7-10(5-2)11(14)15-12/h9-10,13H,4-8H2,1-3H3/t9-,10-,12-/m1/s1. The molecule has 1 N–H and O–H groups in total. The molecule has 0 aromatic carbocycles. The van der Waals surface area contributed by atoms with Crippen molar-refractivity contribution in [3.05, 3.63) is 0 Å². The number of aliphatic hydroxyl groups excluding tert-OH is 1. The van der Waals surface area contributed by atoms with Crippen molar-refractivity contribution in [3.8, 4) is 0 Å². The zero-order chi connectivity index (χ0) is 11.5. The molecule has 0 bridgehead atoms. The zero-order valence-corrected chi connectivity index (χ0v) is 9.95. The predicted octanol–water partition coefficient (Wildman–Crippen LogP) is 2.13. The van der Waals surface area contributed by atoms with E-state index in [4.69, 9.17) is 9.84 Å². The molecule has 0 aromatic rings. The minimum Gasteiger partial charge on any atom is -0.459 e. The molecule has 0 aromatic heterocycles. The van der Waals surface area contributed by atoms with Crippen molar-refractivity contribution in [3.63, 3.8) is 0 Å². The Bertz CT molecular complexity index is 223. The molecule has 1 fully saturated rings. The van der Waals surface area contributed by atoms with Gasteiger partial charge in [-0.05, 0) is 25.7 Å². The molecule has 0 amide bonds. The molecule has 0 saturated carbocycles. The molecule has 3 nitrogen and oxygen atoms in total. The van der Waals surface area contributed by atoms with Gasteiger partial charge in [0.15, 0.2) is 0 Å². The van der Waals surface area contributed by atoms with Crippen molar-refractivity contribution in [1.29, 1.82) is 0 Å². The maximum Gasteiger partial charge on any atom is 0.309 e. The molecule has 88 valence electrons. The van der Waals surface area contributed by atoms with Crippen LogP contribution in [0.3, 0.4) is 0 Å². The van der Waals surface area contributed by atoms with Crippen LogP contribution in [-0.4, -0.2) is 23.3 Å². The van der Waals surface area contributed by atoms with Gasteiger partial charge in [-0.2, -0.15) is 0 Å². The summed E-state index contributed by atoms with van der Waals surface area (Å²) in [5.74, 6) is 0.248. The summed E-state index contributed by atoms with van der Waals surface area (Å²) < 4.78 is 5.44. The molecule has 0 spiro atoms. The van der Waals surface area contributed by atoms with Gasteiger partial charge in [0, 0.05) is 13.0 Å². The molecule has 1 heterocycles. The summed E-state index contributed by atoms with van der Waals surface area (Å²) in [5, 5.41) is 9.15. The van der Waals surface area contributed by atoms with Crippen LogP contribution in [0.5, 0.6) is 0 Å².